The Morgan fingerprint density at radius 2 is 0.953 bits per heavy atom. The number of para-hydroxylation sites is 1. The first kappa shape index (κ1) is 63.7. The van der Waals surface area contributed by atoms with Gasteiger partial charge in [0.1, 0.15) is 22.6 Å². The molecule has 0 aliphatic heterocycles. The van der Waals surface area contributed by atoms with Crippen LogP contribution >= 0.6 is 91.5 Å². The predicted octanol–water partition coefficient (Wildman–Crippen LogP) is 16.1. The number of esters is 1. The van der Waals surface area contributed by atoms with Crippen LogP contribution in [0.3, 0.4) is 0 Å². The third kappa shape index (κ3) is 25.7. The van der Waals surface area contributed by atoms with E-state index in [9.17, 15) is 4.79 Å². The number of benzene rings is 2. The summed E-state index contributed by atoms with van der Waals surface area (Å²) >= 11 is 39.2. The van der Waals surface area contributed by atoms with Crippen molar-refractivity contribution in [3.8, 4) is 11.5 Å². The molecule has 0 bridgehead atoms. The zero-order valence-electron chi connectivity index (χ0n) is 38.0. The van der Waals surface area contributed by atoms with Gasteiger partial charge in [-0.2, -0.15) is 0 Å². The Morgan fingerprint density at radius 3 is 1.30 bits per heavy atom. The summed E-state index contributed by atoms with van der Waals surface area (Å²) < 4.78 is 55.9. The van der Waals surface area contributed by atoms with Crippen molar-refractivity contribution < 1.29 is 50.5 Å². The Balaban J connectivity index is 0.000000492. The monoisotopic (exact) mass is 1160 g/mol. The lowest BCUT2D eigenvalue weighted by molar-refractivity contribution is -0.147. The molecule has 64 heavy (non-hydrogen) atoms. The van der Waals surface area contributed by atoms with Gasteiger partial charge in [0.15, 0.2) is 0 Å². The summed E-state index contributed by atoms with van der Waals surface area (Å²) in [5.41, 5.74) is -8.34. The summed E-state index contributed by atoms with van der Waals surface area (Å²) in [6, 6.07) is 17.0. The molecule has 0 aromatic heterocycles. The topological polar surface area (TPSA) is 109 Å². The van der Waals surface area contributed by atoms with Gasteiger partial charge in [0.05, 0.1) is 68.9 Å². The minimum atomic E-state index is -2.25. The van der Waals surface area contributed by atoms with E-state index in [4.69, 9.17) is 116 Å². The molecule has 2 atom stereocenters. The van der Waals surface area contributed by atoms with Gasteiger partial charge in [-0.15, -0.1) is 0 Å². The molecule has 2 unspecified atom stereocenters. The maximum absolute atomic E-state index is 12.4. The van der Waals surface area contributed by atoms with Crippen molar-refractivity contribution in [2.75, 3.05) is 63.0 Å². The molecule has 0 spiro atoms. The first-order chi connectivity index (χ1) is 30.3. The molecule has 1 aliphatic carbocycles. The van der Waals surface area contributed by atoms with Crippen LogP contribution in [0.1, 0.15) is 74.8 Å². The van der Waals surface area contributed by atoms with Crippen molar-refractivity contribution in [3.63, 3.8) is 0 Å². The standard InChI is InChI=1S/C21H20Cl2O3.2C9H22O4P2S4/c1-21(2)17(12-18(22)23)19(21)20(24)25-13-14-7-6-10-16(11-14)26-15-8-4-3-5-9-15;2*1-5-10-14(16,11-6-2)18-9-19-15(17,12-7-3)13-8-4/h3-12,17,19H,13H2,1-2H3;2*5-9H2,1-4H3. The van der Waals surface area contributed by atoms with Crippen molar-refractivity contribution in [2.45, 2.75) is 75.8 Å². The van der Waals surface area contributed by atoms with E-state index in [2.05, 4.69) is 0 Å². The molecule has 25 heteroatoms. The summed E-state index contributed by atoms with van der Waals surface area (Å²) in [5.74, 6) is 1.01. The van der Waals surface area contributed by atoms with Gasteiger partial charge in [-0.3, -0.25) is 4.79 Å². The molecule has 11 nitrogen and oxygen atoms in total. The number of ether oxygens (including phenoxy) is 2. The maximum atomic E-state index is 12.4. The normalized spacial score (nSPS) is 15.8. The molecule has 1 saturated carbocycles. The van der Waals surface area contributed by atoms with E-state index in [1.807, 2.05) is 124 Å². The van der Waals surface area contributed by atoms with E-state index < -0.39 is 22.8 Å². The highest BCUT2D eigenvalue weighted by atomic mass is 35.5. The molecule has 2 aromatic carbocycles. The van der Waals surface area contributed by atoms with Crippen molar-refractivity contribution >= 4 is 145 Å². The number of halogens is 2. The number of hydrogen-bond acceptors (Lipinski definition) is 19. The van der Waals surface area contributed by atoms with Crippen molar-refractivity contribution in [1.82, 2.24) is 0 Å². The number of rotatable bonds is 30. The number of carbonyl (C=O) groups excluding carboxylic acids is 1. The SMILES string of the molecule is CC1(C)C(C=C(Cl)Cl)C1C(=O)OCc1cccc(Oc2ccccc2)c1.CCOP(=S)(OCC)SCSP(=S)(OCC)OCC.CCOP(=S)(OCC)SCSP(=S)(OCC)OCC. The van der Waals surface area contributed by atoms with Gasteiger partial charge in [0.2, 0.25) is 22.8 Å². The molecule has 1 aliphatic rings. The maximum Gasteiger partial charge on any atom is 0.310 e. The first-order valence-corrected chi connectivity index (χ1v) is 38.1. The van der Waals surface area contributed by atoms with E-state index in [0.717, 1.165) is 11.3 Å². The quantitative estimate of drug-likeness (QED) is 0.0420. The van der Waals surface area contributed by atoms with Gasteiger partial charge in [-0.25, -0.2) is 0 Å². The number of allylic oxidation sites excluding steroid dienone is 1. The van der Waals surface area contributed by atoms with Gasteiger partial charge in [0, 0.05) is 0 Å². The van der Waals surface area contributed by atoms with Crippen molar-refractivity contribution in [2.24, 2.45) is 17.3 Å². The first-order valence-electron chi connectivity index (χ1n) is 20.4. The highest BCUT2D eigenvalue weighted by Crippen LogP contribution is 2.69. The molecule has 1 fully saturated rings. The van der Waals surface area contributed by atoms with Gasteiger partial charge >= 0.3 is 5.97 Å². The number of carbonyl (C=O) groups is 1. The van der Waals surface area contributed by atoms with Crippen LogP contribution in [-0.4, -0.2) is 69.0 Å². The summed E-state index contributed by atoms with van der Waals surface area (Å²) in [4.78, 5) is 12.4. The number of hydrogen-bond donors (Lipinski definition) is 0. The third-order valence-electron chi connectivity index (χ3n) is 7.87. The smallest absolute Gasteiger partial charge is 0.310 e. The fourth-order valence-electron chi connectivity index (χ4n) is 5.16. The summed E-state index contributed by atoms with van der Waals surface area (Å²) in [7, 11) is 0. The molecule has 0 radical (unpaired) electrons. The molecule has 0 heterocycles. The van der Waals surface area contributed by atoms with Gasteiger partial charge < -0.3 is 45.7 Å². The van der Waals surface area contributed by atoms with Crippen molar-refractivity contribution in [1.29, 1.82) is 0 Å². The average molecular weight is 1160 g/mol. The second-order valence-electron chi connectivity index (χ2n) is 12.8. The van der Waals surface area contributed by atoms with Crippen LogP contribution in [0.4, 0.5) is 0 Å². The lowest BCUT2D eigenvalue weighted by Crippen LogP contribution is -2.10. The Labute approximate surface area is 429 Å². The van der Waals surface area contributed by atoms with E-state index in [-0.39, 0.29) is 34.3 Å². The molecule has 0 saturated heterocycles. The summed E-state index contributed by atoms with van der Waals surface area (Å²) in [6.45, 7) is 24.0. The Bertz CT molecular complexity index is 1710. The molecule has 3 rings (SSSR count). The lowest BCUT2D eigenvalue weighted by atomic mass is 10.1. The molecular formula is C39H64Cl2O11P4S8. The highest BCUT2D eigenvalue weighted by Gasteiger charge is 2.61. The Hall–Kier alpha value is 1.71. The summed E-state index contributed by atoms with van der Waals surface area (Å²) in [6.07, 6.45) is 1.71. The fraction of sp³-hybridized carbons (Fsp3) is 0.615. The van der Waals surface area contributed by atoms with E-state index in [0.29, 0.717) is 68.8 Å². The zero-order valence-corrected chi connectivity index (χ0v) is 49.6. The van der Waals surface area contributed by atoms with E-state index >= 15 is 0 Å². The van der Waals surface area contributed by atoms with Crippen LogP contribution in [0.25, 0.3) is 0 Å². The van der Waals surface area contributed by atoms with Crippen LogP contribution < -0.4 is 4.74 Å². The molecular weight excluding hydrogens is 1100 g/mol. The molecule has 2 aromatic rings. The van der Waals surface area contributed by atoms with Crippen LogP contribution in [0.2, 0.25) is 0 Å². The fourth-order valence-corrected chi connectivity index (χ4v) is 30.8. The predicted molar refractivity (Wildman–Crippen MR) is 294 cm³/mol. The van der Waals surface area contributed by atoms with Gasteiger partial charge in [-0.05, 0) is 150 Å². The highest BCUT2D eigenvalue weighted by molar-refractivity contribution is 8.77. The second kappa shape index (κ2) is 34.1. The minimum Gasteiger partial charge on any atom is -0.461 e. The van der Waals surface area contributed by atoms with E-state index in [1.54, 1.807) is 6.08 Å². The van der Waals surface area contributed by atoms with Crippen LogP contribution in [0.5, 0.6) is 11.5 Å². The largest absolute Gasteiger partial charge is 0.461 e. The van der Waals surface area contributed by atoms with Crippen LogP contribution in [-0.2, 0) is 99.6 Å². The van der Waals surface area contributed by atoms with Crippen LogP contribution in [0.15, 0.2) is 65.2 Å². The minimum absolute atomic E-state index is 0.00717. The van der Waals surface area contributed by atoms with Crippen LogP contribution in [0, 0.1) is 17.3 Å². The van der Waals surface area contributed by atoms with Gasteiger partial charge in [-0.1, -0.05) is 113 Å². The molecule has 368 valence electrons. The second-order valence-corrected chi connectivity index (χ2v) is 39.8. The van der Waals surface area contributed by atoms with Crippen molar-refractivity contribution in [3.05, 3.63) is 70.7 Å². The third-order valence-corrected chi connectivity index (χ3v) is 32.1. The molecule has 0 amide bonds. The zero-order chi connectivity index (χ0) is 48.3. The van der Waals surface area contributed by atoms with E-state index in [1.165, 1.54) is 45.5 Å². The Kier molecular flexibility index (Phi) is 34.0. The lowest BCUT2D eigenvalue weighted by Gasteiger charge is -2.23. The summed E-state index contributed by atoms with van der Waals surface area (Å²) in [5, 5.41) is 1.32. The molecule has 0 N–H and O–H groups in total. The Morgan fingerprint density at radius 1 is 0.594 bits per heavy atom. The van der Waals surface area contributed by atoms with Gasteiger partial charge in [0.25, 0.3) is 0 Å². The average Bonchev–Trinajstić information content (AvgIpc) is 3.76.